The van der Waals surface area contributed by atoms with E-state index >= 15 is 0 Å². The number of fused-ring (bicyclic) bond motifs is 2. The van der Waals surface area contributed by atoms with Gasteiger partial charge in [0.15, 0.2) is 0 Å². The minimum atomic E-state index is -1.08. The number of rotatable bonds is 6. The maximum Gasteiger partial charge on any atom is 0.200 e. The average molecular weight is 571 g/mol. The van der Waals surface area contributed by atoms with Crippen molar-refractivity contribution in [2.75, 3.05) is 10.6 Å². The molecule has 216 valence electrons. The first-order valence-electron chi connectivity index (χ1n) is 13.0. The predicted octanol–water partition coefficient (Wildman–Crippen LogP) is 5.39. The second-order valence-corrected chi connectivity index (χ2v) is 11.3. The highest BCUT2D eigenvalue weighted by atomic mass is 16.3. The second-order valence-electron chi connectivity index (χ2n) is 11.3. The van der Waals surface area contributed by atoms with E-state index in [-0.39, 0.29) is 56.6 Å². The number of carbonyl (C=O) groups is 2. The number of ketones is 2. The lowest BCUT2D eigenvalue weighted by molar-refractivity contribution is 0.0975. The molecule has 0 fully saturated rings. The highest BCUT2D eigenvalue weighted by molar-refractivity contribution is 6.33. The molecule has 0 saturated carbocycles. The third-order valence-electron chi connectivity index (χ3n) is 7.48. The normalized spacial score (nSPS) is 13.0. The molecule has 5 rings (SSSR count). The minimum absolute atomic E-state index is 0.0859. The van der Waals surface area contributed by atoms with Crippen LogP contribution in [0, 0.1) is 0 Å². The molecule has 4 aromatic rings. The van der Waals surface area contributed by atoms with Crippen LogP contribution in [0.5, 0.6) is 34.5 Å². The van der Waals surface area contributed by atoms with E-state index in [2.05, 4.69) is 10.6 Å². The standard InChI is InChI=1S/C32H30N2O8/c1-31(2,17-13-15(35)5-9-21(17)37)33-19-7-8-20(34-32(3,4)18-14-16(36)6-10-22(18)38)26-25(19)29(41)27-23(39)11-12-24(40)28(27)30(26)42/h5-14,33-40H,1-4H3. The summed E-state index contributed by atoms with van der Waals surface area (Å²) in [6, 6.07) is 13.4. The fourth-order valence-corrected chi connectivity index (χ4v) is 5.43. The average Bonchev–Trinajstić information content (AvgIpc) is 2.91. The maximum absolute atomic E-state index is 14.0. The van der Waals surface area contributed by atoms with Crippen LogP contribution in [0.3, 0.4) is 0 Å². The molecule has 8 N–H and O–H groups in total. The number of anilines is 2. The van der Waals surface area contributed by atoms with Crippen LogP contribution in [0.1, 0.15) is 70.7 Å². The Balaban J connectivity index is 1.71. The Morgan fingerprint density at radius 3 is 1.17 bits per heavy atom. The van der Waals surface area contributed by atoms with Gasteiger partial charge in [0, 0.05) is 22.5 Å². The van der Waals surface area contributed by atoms with Gasteiger partial charge in [-0.05, 0) is 88.4 Å². The van der Waals surface area contributed by atoms with E-state index in [0.29, 0.717) is 11.1 Å². The van der Waals surface area contributed by atoms with Crippen LogP contribution >= 0.6 is 0 Å². The van der Waals surface area contributed by atoms with Crippen LogP contribution in [0.25, 0.3) is 0 Å². The van der Waals surface area contributed by atoms with Gasteiger partial charge in [0.1, 0.15) is 34.5 Å². The molecule has 0 spiro atoms. The quantitative estimate of drug-likeness (QED) is 0.123. The SMILES string of the molecule is CC(C)(Nc1ccc(NC(C)(C)c2cc(O)ccc2O)c2c1C(=O)c1c(O)ccc(O)c1C2=O)c1cc(O)ccc1O. The summed E-state index contributed by atoms with van der Waals surface area (Å²) < 4.78 is 0. The van der Waals surface area contributed by atoms with Gasteiger partial charge in [-0.3, -0.25) is 9.59 Å². The van der Waals surface area contributed by atoms with Crippen molar-refractivity contribution in [2.24, 2.45) is 0 Å². The van der Waals surface area contributed by atoms with Crippen LogP contribution in [0.15, 0.2) is 60.7 Å². The van der Waals surface area contributed by atoms with E-state index in [1.165, 1.54) is 36.4 Å². The van der Waals surface area contributed by atoms with E-state index in [4.69, 9.17) is 0 Å². The number of carbonyl (C=O) groups excluding carboxylic acids is 2. The Morgan fingerprint density at radius 1 is 0.476 bits per heavy atom. The number of aromatic hydroxyl groups is 6. The van der Waals surface area contributed by atoms with Crippen LogP contribution in [-0.2, 0) is 11.1 Å². The highest BCUT2D eigenvalue weighted by Gasteiger charge is 2.40. The summed E-state index contributed by atoms with van der Waals surface area (Å²) in [5.41, 5.74) is -2.05. The molecule has 10 heteroatoms. The molecule has 42 heavy (non-hydrogen) atoms. The van der Waals surface area contributed by atoms with E-state index in [9.17, 15) is 40.2 Å². The highest BCUT2D eigenvalue weighted by Crippen LogP contribution is 2.45. The Bertz CT molecular complexity index is 1660. The lowest BCUT2D eigenvalue weighted by Gasteiger charge is -2.34. The molecule has 0 aromatic heterocycles. The molecule has 1 aliphatic rings. The zero-order chi connectivity index (χ0) is 30.7. The molecule has 0 bridgehead atoms. The maximum atomic E-state index is 14.0. The zero-order valence-corrected chi connectivity index (χ0v) is 23.3. The molecule has 4 aromatic carbocycles. The Kier molecular flexibility index (Phi) is 6.45. The zero-order valence-electron chi connectivity index (χ0n) is 23.3. The van der Waals surface area contributed by atoms with Gasteiger partial charge < -0.3 is 41.3 Å². The predicted molar refractivity (Wildman–Crippen MR) is 156 cm³/mol. The van der Waals surface area contributed by atoms with Crippen molar-refractivity contribution < 1.29 is 40.2 Å². The molecular weight excluding hydrogens is 540 g/mol. The summed E-state index contributed by atoms with van der Waals surface area (Å²) in [4.78, 5) is 28.0. The fraction of sp³-hybridized carbons (Fsp3) is 0.188. The monoisotopic (exact) mass is 570 g/mol. The molecule has 0 aliphatic heterocycles. The number of hydrogen-bond acceptors (Lipinski definition) is 10. The van der Waals surface area contributed by atoms with Crippen molar-refractivity contribution in [3.63, 3.8) is 0 Å². The summed E-state index contributed by atoms with van der Waals surface area (Å²) in [7, 11) is 0. The van der Waals surface area contributed by atoms with Gasteiger partial charge in [-0.25, -0.2) is 0 Å². The molecular formula is C32H30N2O8. The van der Waals surface area contributed by atoms with Gasteiger partial charge in [-0.1, -0.05) is 0 Å². The van der Waals surface area contributed by atoms with Crippen LogP contribution in [-0.4, -0.2) is 42.2 Å². The smallest absolute Gasteiger partial charge is 0.200 e. The summed E-state index contributed by atoms with van der Waals surface area (Å²) in [5, 5.41) is 68.7. The summed E-state index contributed by atoms with van der Waals surface area (Å²) in [6.07, 6.45) is 0. The van der Waals surface area contributed by atoms with Gasteiger partial charge >= 0.3 is 0 Å². The molecule has 0 saturated heterocycles. The van der Waals surface area contributed by atoms with Crippen molar-refractivity contribution in [3.05, 3.63) is 94.0 Å². The van der Waals surface area contributed by atoms with Crippen LogP contribution in [0.2, 0.25) is 0 Å². The molecule has 0 amide bonds. The second kappa shape index (κ2) is 9.62. The van der Waals surface area contributed by atoms with Crippen molar-refractivity contribution in [1.29, 1.82) is 0 Å². The number of phenols is 6. The van der Waals surface area contributed by atoms with Gasteiger partial charge in [-0.2, -0.15) is 0 Å². The summed E-state index contributed by atoms with van der Waals surface area (Å²) in [6.45, 7) is 6.83. The Labute approximate surface area is 241 Å². The molecule has 0 atom stereocenters. The third kappa shape index (κ3) is 4.56. The van der Waals surface area contributed by atoms with Crippen LogP contribution < -0.4 is 10.6 Å². The van der Waals surface area contributed by atoms with Gasteiger partial charge in [0.25, 0.3) is 0 Å². The molecule has 1 aliphatic carbocycles. The van der Waals surface area contributed by atoms with Gasteiger partial charge in [0.2, 0.25) is 11.6 Å². The molecule has 10 nitrogen and oxygen atoms in total. The third-order valence-corrected chi connectivity index (χ3v) is 7.48. The number of nitrogens with one attached hydrogen (secondary N) is 2. The van der Waals surface area contributed by atoms with E-state index in [1.54, 1.807) is 39.8 Å². The summed E-state index contributed by atoms with van der Waals surface area (Å²) >= 11 is 0. The number of hydrogen-bond donors (Lipinski definition) is 8. The summed E-state index contributed by atoms with van der Waals surface area (Å²) in [5.74, 6) is -2.81. The van der Waals surface area contributed by atoms with Crippen molar-refractivity contribution >= 4 is 22.9 Å². The van der Waals surface area contributed by atoms with Crippen molar-refractivity contribution in [2.45, 2.75) is 38.8 Å². The lowest BCUT2D eigenvalue weighted by atomic mass is 9.80. The van der Waals surface area contributed by atoms with Crippen molar-refractivity contribution in [1.82, 2.24) is 0 Å². The number of benzene rings is 4. The first-order chi connectivity index (χ1) is 19.6. The van der Waals surface area contributed by atoms with Gasteiger partial charge in [-0.15, -0.1) is 0 Å². The van der Waals surface area contributed by atoms with E-state index in [0.717, 1.165) is 12.1 Å². The van der Waals surface area contributed by atoms with E-state index in [1.807, 2.05) is 0 Å². The lowest BCUT2D eigenvalue weighted by Crippen LogP contribution is -2.33. The molecule has 0 heterocycles. The molecule has 0 radical (unpaired) electrons. The number of phenolic OH excluding ortho intramolecular Hbond substituents is 6. The van der Waals surface area contributed by atoms with Gasteiger partial charge in [0.05, 0.1) is 33.3 Å². The first-order valence-corrected chi connectivity index (χ1v) is 13.0. The Morgan fingerprint density at radius 2 is 0.810 bits per heavy atom. The van der Waals surface area contributed by atoms with E-state index < -0.39 is 34.1 Å². The largest absolute Gasteiger partial charge is 0.508 e. The minimum Gasteiger partial charge on any atom is -0.508 e. The topological polar surface area (TPSA) is 180 Å². The molecule has 0 unspecified atom stereocenters. The fourth-order valence-electron chi connectivity index (χ4n) is 5.43. The Hall–Kier alpha value is -5.38. The first kappa shape index (κ1) is 28.2. The van der Waals surface area contributed by atoms with Crippen molar-refractivity contribution in [3.8, 4) is 34.5 Å². The van der Waals surface area contributed by atoms with Crippen LogP contribution in [0.4, 0.5) is 11.4 Å².